The quantitative estimate of drug-likeness (QED) is 0.738. The van der Waals surface area contributed by atoms with Crippen LogP contribution in [0, 0.1) is 5.92 Å². The minimum Gasteiger partial charge on any atom is -0.459 e. The van der Waals surface area contributed by atoms with Crippen molar-refractivity contribution in [2.24, 2.45) is 5.92 Å². The van der Waals surface area contributed by atoms with Crippen molar-refractivity contribution in [2.75, 3.05) is 26.7 Å². The van der Waals surface area contributed by atoms with Gasteiger partial charge < -0.3 is 14.2 Å². The Kier molecular flexibility index (Phi) is 2.67. The summed E-state index contributed by atoms with van der Waals surface area (Å²) < 4.78 is 5.22. The van der Waals surface area contributed by atoms with Gasteiger partial charge in [-0.05, 0) is 37.9 Å². The number of nitrogens with zero attached hydrogens (tertiary/aromatic N) is 2. The normalized spacial score (nSPS) is 29.4. The topological polar surface area (TPSA) is 36.7 Å². The number of furan rings is 1. The van der Waals surface area contributed by atoms with Gasteiger partial charge >= 0.3 is 0 Å². The van der Waals surface area contributed by atoms with E-state index in [0.717, 1.165) is 26.1 Å². The molecule has 1 aromatic heterocycles. The lowest BCUT2D eigenvalue weighted by molar-refractivity contribution is 0.0554. The number of likely N-dealkylation sites (N-methyl/N-ethyl adjacent to an activating group) is 1. The minimum absolute atomic E-state index is 0.0556. The maximum absolute atomic E-state index is 12.3. The van der Waals surface area contributed by atoms with Crippen LogP contribution in [0.15, 0.2) is 22.8 Å². The molecule has 4 nitrogen and oxygen atoms in total. The number of carbonyl (C=O) groups excluding carboxylic acids is 1. The lowest BCUT2D eigenvalue weighted by Crippen LogP contribution is -2.47. The average molecular weight is 234 g/mol. The van der Waals surface area contributed by atoms with Crippen LogP contribution < -0.4 is 0 Å². The number of carbonyl (C=O) groups is 1. The Balaban J connectivity index is 1.82. The van der Waals surface area contributed by atoms with Crippen molar-refractivity contribution in [2.45, 2.75) is 18.9 Å². The number of amides is 1. The summed E-state index contributed by atoms with van der Waals surface area (Å²) in [6, 6.07) is 3.89. The van der Waals surface area contributed by atoms with Gasteiger partial charge in [-0.15, -0.1) is 0 Å². The zero-order valence-electron chi connectivity index (χ0n) is 10.1. The van der Waals surface area contributed by atoms with E-state index in [1.54, 1.807) is 18.4 Å². The van der Waals surface area contributed by atoms with Crippen LogP contribution in [0.5, 0.6) is 0 Å². The first kappa shape index (κ1) is 10.8. The molecule has 0 aromatic carbocycles. The molecule has 0 aliphatic carbocycles. The number of piperidine rings is 1. The van der Waals surface area contributed by atoms with E-state index in [0.29, 0.717) is 17.7 Å². The zero-order chi connectivity index (χ0) is 11.8. The molecule has 0 spiro atoms. The Bertz CT molecular complexity index is 402. The van der Waals surface area contributed by atoms with E-state index in [-0.39, 0.29) is 5.91 Å². The number of fused-ring (bicyclic) bond motifs is 4. The molecule has 17 heavy (non-hydrogen) atoms. The maximum Gasteiger partial charge on any atom is 0.289 e. The van der Waals surface area contributed by atoms with Crippen LogP contribution in [0.4, 0.5) is 0 Å². The molecule has 2 atom stereocenters. The Hall–Kier alpha value is -1.29. The lowest BCUT2D eigenvalue weighted by atomic mass is 9.95. The molecule has 1 amide bonds. The largest absolute Gasteiger partial charge is 0.459 e. The molecular weight excluding hydrogens is 216 g/mol. The molecule has 3 aliphatic heterocycles. The zero-order valence-corrected chi connectivity index (χ0v) is 10.1. The van der Waals surface area contributed by atoms with Crippen LogP contribution in [-0.2, 0) is 0 Å². The summed E-state index contributed by atoms with van der Waals surface area (Å²) in [6.07, 6.45) is 3.94. The van der Waals surface area contributed by atoms with Crippen molar-refractivity contribution in [1.82, 2.24) is 9.80 Å². The first-order chi connectivity index (χ1) is 8.24. The highest BCUT2D eigenvalue weighted by atomic mass is 16.3. The first-order valence-electron chi connectivity index (χ1n) is 6.27. The van der Waals surface area contributed by atoms with Crippen molar-refractivity contribution in [3.63, 3.8) is 0 Å². The Morgan fingerprint density at radius 2 is 2.24 bits per heavy atom. The molecule has 3 aliphatic rings. The highest BCUT2D eigenvalue weighted by Gasteiger charge is 2.36. The molecule has 1 aromatic rings. The fourth-order valence-corrected chi connectivity index (χ4v) is 3.11. The van der Waals surface area contributed by atoms with E-state index in [2.05, 4.69) is 11.9 Å². The summed E-state index contributed by atoms with van der Waals surface area (Å²) in [5.41, 5.74) is 0. The Morgan fingerprint density at radius 3 is 3.00 bits per heavy atom. The maximum atomic E-state index is 12.3. The van der Waals surface area contributed by atoms with Gasteiger partial charge in [0.25, 0.3) is 5.91 Å². The van der Waals surface area contributed by atoms with Crippen LogP contribution >= 0.6 is 0 Å². The summed E-state index contributed by atoms with van der Waals surface area (Å²) in [5.74, 6) is 1.15. The first-order valence-corrected chi connectivity index (χ1v) is 6.27. The SMILES string of the molecule is CN1CC2CCC(C1)N(C(=O)c1ccco1)C2. The van der Waals surface area contributed by atoms with Crippen LogP contribution in [0.1, 0.15) is 23.4 Å². The monoisotopic (exact) mass is 234 g/mol. The van der Waals surface area contributed by atoms with Gasteiger partial charge in [0, 0.05) is 25.7 Å². The lowest BCUT2D eigenvalue weighted by Gasteiger charge is -2.35. The average Bonchev–Trinajstić information content (AvgIpc) is 2.72. The van der Waals surface area contributed by atoms with Gasteiger partial charge in [-0.2, -0.15) is 0 Å². The number of hydrogen-bond donors (Lipinski definition) is 0. The summed E-state index contributed by atoms with van der Waals surface area (Å²) in [5, 5.41) is 0. The predicted octanol–water partition coefficient (Wildman–Crippen LogP) is 1.45. The van der Waals surface area contributed by atoms with Crippen molar-refractivity contribution < 1.29 is 9.21 Å². The second kappa shape index (κ2) is 4.18. The predicted molar refractivity (Wildman–Crippen MR) is 63.8 cm³/mol. The molecule has 3 saturated heterocycles. The van der Waals surface area contributed by atoms with Gasteiger partial charge in [-0.1, -0.05) is 0 Å². The standard InChI is InChI=1S/C13H18N2O2/c1-14-7-10-4-5-11(9-14)15(8-10)13(16)12-3-2-6-17-12/h2-3,6,10-11H,4-5,7-9H2,1H3. The van der Waals surface area contributed by atoms with Gasteiger partial charge in [0.2, 0.25) is 0 Å². The van der Waals surface area contributed by atoms with Gasteiger partial charge in [-0.3, -0.25) is 4.79 Å². The van der Waals surface area contributed by atoms with E-state index in [9.17, 15) is 4.79 Å². The number of rotatable bonds is 1. The van der Waals surface area contributed by atoms with E-state index in [4.69, 9.17) is 4.42 Å². The van der Waals surface area contributed by atoms with Gasteiger partial charge in [-0.25, -0.2) is 0 Å². The van der Waals surface area contributed by atoms with Crippen molar-refractivity contribution in [3.05, 3.63) is 24.2 Å². The summed E-state index contributed by atoms with van der Waals surface area (Å²) in [4.78, 5) is 16.7. The molecule has 4 heteroatoms. The van der Waals surface area contributed by atoms with E-state index in [1.165, 1.54) is 6.42 Å². The molecule has 2 unspecified atom stereocenters. The second-order valence-corrected chi connectivity index (χ2v) is 5.25. The molecule has 4 heterocycles. The van der Waals surface area contributed by atoms with Gasteiger partial charge in [0.1, 0.15) is 0 Å². The van der Waals surface area contributed by atoms with E-state index >= 15 is 0 Å². The summed E-state index contributed by atoms with van der Waals surface area (Å²) in [7, 11) is 2.15. The molecule has 4 rings (SSSR count). The fourth-order valence-electron chi connectivity index (χ4n) is 3.11. The van der Waals surface area contributed by atoms with Crippen LogP contribution in [0.2, 0.25) is 0 Å². The Morgan fingerprint density at radius 1 is 1.35 bits per heavy atom. The third-order valence-electron chi connectivity index (χ3n) is 3.89. The van der Waals surface area contributed by atoms with Crippen molar-refractivity contribution >= 4 is 5.91 Å². The second-order valence-electron chi connectivity index (χ2n) is 5.25. The van der Waals surface area contributed by atoms with Gasteiger partial charge in [0.05, 0.1) is 6.26 Å². The smallest absolute Gasteiger partial charge is 0.289 e. The van der Waals surface area contributed by atoms with Crippen LogP contribution in [0.3, 0.4) is 0 Å². The number of hydrogen-bond acceptors (Lipinski definition) is 3. The Labute approximate surface area is 101 Å². The van der Waals surface area contributed by atoms with E-state index in [1.807, 2.05) is 4.90 Å². The molecule has 92 valence electrons. The molecule has 3 fully saturated rings. The van der Waals surface area contributed by atoms with Crippen LogP contribution in [0.25, 0.3) is 0 Å². The summed E-state index contributed by atoms with van der Waals surface area (Å²) >= 11 is 0. The summed E-state index contributed by atoms with van der Waals surface area (Å²) in [6.45, 7) is 2.98. The van der Waals surface area contributed by atoms with Gasteiger partial charge in [0.15, 0.2) is 5.76 Å². The molecular formula is C13H18N2O2. The highest BCUT2D eigenvalue weighted by Crippen LogP contribution is 2.28. The third-order valence-corrected chi connectivity index (χ3v) is 3.89. The molecule has 0 N–H and O–H groups in total. The van der Waals surface area contributed by atoms with Crippen molar-refractivity contribution in [3.8, 4) is 0 Å². The molecule has 0 radical (unpaired) electrons. The minimum atomic E-state index is 0.0556. The fraction of sp³-hybridized carbons (Fsp3) is 0.615. The van der Waals surface area contributed by atoms with Crippen molar-refractivity contribution in [1.29, 1.82) is 0 Å². The molecule has 2 bridgehead atoms. The molecule has 0 saturated carbocycles. The highest BCUT2D eigenvalue weighted by molar-refractivity contribution is 5.91. The third kappa shape index (κ3) is 1.97. The van der Waals surface area contributed by atoms with Crippen LogP contribution in [-0.4, -0.2) is 48.4 Å². The van der Waals surface area contributed by atoms with E-state index < -0.39 is 0 Å².